The summed E-state index contributed by atoms with van der Waals surface area (Å²) in [6.07, 6.45) is 4.11. The number of hydrogen-bond acceptors (Lipinski definition) is 3. The van der Waals surface area contributed by atoms with Gasteiger partial charge in [-0.2, -0.15) is 0 Å². The molecule has 1 fully saturated rings. The van der Waals surface area contributed by atoms with Crippen LogP contribution in [0, 0.1) is 0 Å². The second kappa shape index (κ2) is 4.95. The highest BCUT2D eigenvalue weighted by atomic mass is 79.9. The Labute approximate surface area is 103 Å². The first-order valence-electron chi connectivity index (χ1n) is 5.28. The summed E-state index contributed by atoms with van der Waals surface area (Å²) in [5.74, 6) is 0. The van der Waals surface area contributed by atoms with Gasteiger partial charge >= 0.3 is 0 Å². The number of thiophene rings is 1. The van der Waals surface area contributed by atoms with E-state index in [0.29, 0.717) is 0 Å². The summed E-state index contributed by atoms with van der Waals surface area (Å²) in [6.45, 7) is 1.68. The third-order valence-corrected chi connectivity index (χ3v) is 4.55. The zero-order chi connectivity index (χ0) is 10.7. The van der Waals surface area contributed by atoms with Crippen molar-refractivity contribution in [3.8, 4) is 0 Å². The van der Waals surface area contributed by atoms with E-state index in [-0.39, 0.29) is 5.54 Å². The van der Waals surface area contributed by atoms with E-state index in [1.807, 2.05) is 0 Å². The second-order valence-electron chi connectivity index (χ2n) is 4.24. The highest BCUT2D eigenvalue weighted by Gasteiger charge is 2.27. The lowest BCUT2D eigenvalue weighted by Gasteiger charge is -2.26. The molecule has 0 radical (unpaired) electrons. The number of halogens is 1. The molecule has 84 valence electrons. The molecule has 1 aromatic heterocycles. The fraction of sp³-hybridized carbons (Fsp3) is 0.636. The zero-order valence-electron chi connectivity index (χ0n) is 8.67. The Bertz CT molecular complexity index is 318. The maximum Gasteiger partial charge on any atom is 0.0483 e. The van der Waals surface area contributed by atoms with Crippen LogP contribution in [-0.2, 0) is 11.2 Å². The molecule has 0 spiro atoms. The van der Waals surface area contributed by atoms with Gasteiger partial charge in [-0.05, 0) is 47.7 Å². The molecule has 1 aromatic rings. The summed E-state index contributed by atoms with van der Waals surface area (Å²) in [7, 11) is 0. The van der Waals surface area contributed by atoms with Crippen LogP contribution in [0.25, 0.3) is 0 Å². The Hall–Kier alpha value is 0.1000. The van der Waals surface area contributed by atoms with E-state index in [4.69, 9.17) is 10.5 Å². The Morgan fingerprint density at radius 1 is 1.47 bits per heavy atom. The van der Waals surface area contributed by atoms with Gasteiger partial charge < -0.3 is 10.5 Å². The Balaban J connectivity index is 2.02. The van der Waals surface area contributed by atoms with Crippen LogP contribution in [0.3, 0.4) is 0 Å². The predicted octanol–water partition coefficient (Wildman–Crippen LogP) is 2.95. The van der Waals surface area contributed by atoms with Crippen LogP contribution in [0.5, 0.6) is 0 Å². The Morgan fingerprint density at radius 3 is 3.07 bits per heavy atom. The molecule has 2 rings (SSSR count). The molecule has 1 aliphatic heterocycles. The maximum atomic E-state index is 6.41. The van der Waals surface area contributed by atoms with E-state index < -0.39 is 0 Å². The van der Waals surface area contributed by atoms with Gasteiger partial charge in [0.25, 0.3) is 0 Å². The highest BCUT2D eigenvalue weighted by Crippen LogP contribution is 2.28. The molecule has 1 saturated heterocycles. The van der Waals surface area contributed by atoms with E-state index in [1.165, 1.54) is 4.88 Å². The van der Waals surface area contributed by atoms with Crippen LogP contribution in [0.2, 0.25) is 0 Å². The normalized spacial score (nSPS) is 27.6. The lowest BCUT2D eigenvalue weighted by atomic mass is 9.88. The van der Waals surface area contributed by atoms with Crippen LogP contribution >= 0.6 is 27.3 Å². The van der Waals surface area contributed by atoms with Gasteiger partial charge in [0, 0.05) is 33.5 Å². The minimum atomic E-state index is -0.0548. The van der Waals surface area contributed by atoms with Gasteiger partial charge in [-0.3, -0.25) is 0 Å². The molecule has 1 atom stereocenters. The number of rotatable bonds is 2. The summed E-state index contributed by atoms with van der Waals surface area (Å²) in [4.78, 5) is 1.37. The largest absolute Gasteiger partial charge is 0.381 e. The van der Waals surface area contributed by atoms with Crippen molar-refractivity contribution >= 4 is 27.3 Å². The van der Waals surface area contributed by atoms with Crippen molar-refractivity contribution in [2.24, 2.45) is 5.73 Å². The molecule has 4 heteroatoms. The fourth-order valence-electron chi connectivity index (χ4n) is 2.00. The van der Waals surface area contributed by atoms with Crippen LogP contribution in [-0.4, -0.2) is 18.8 Å². The standard InChI is InChI=1S/C11H16BrNOS/c12-9-6-10(15-8-9)7-11(13)2-1-4-14-5-3-11/h6,8H,1-5,7,13H2. The molecule has 0 aromatic carbocycles. The molecular weight excluding hydrogens is 274 g/mol. The molecule has 0 aliphatic carbocycles. The zero-order valence-corrected chi connectivity index (χ0v) is 11.1. The van der Waals surface area contributed by atoms with Crippen molar-refractivity contribution < 1.29 is 4.74 Å². The topological polar surface area (TPSA) is 35.2 Å². The van der Waals surface area contributed by atoms with E-state index >= 15 is 0 Å². The third kappa shape index (κ3) is 3.28. The SMILES string of the molecule is NC1(Cc2cc(Br)cs2)CCCOCC1. The van der Waals surface area contributed by atoms with Crippen LogP contribution in [0.1, 0.15) is 24.1 Å². The van der Waals surface area contributed by atoms with Crippen molar-refractivity contribution in [3.05, 3.63) is 20.8 Å². The minimum absolute atomic E-state index is 0.0548. The minimum Gasteiger partial charge on any atom is -0.381 e. The van der Waals surface area contributed by atoms with Gasteiger partial charge in [0.15, 0.2) is 0 Å². The molecule has 15 heavy (non-hydrogen) atoms. The van der Waals surface area contributed by atoms with Crippen molar-refractivity contribution in [1.82, 2.24) is 0 Å². The van der Waals surface area contributed by atoms with Crippen molar-refractivity contribution in [1.29, 1.82) is 0 Å². The molecule has 0 saturated carbocycles. The number of ether oxygens (including phenoxy) is 1. The van der Waals surface area contributed by atoms with E-state index in [0.717, 1.165) is 43.4 Å². The predicted molar refractivity (Wildman–Crippen MR) is 67.3 cm³/mol. The Morgan fingerprint density at radius 2 is 2.33 bits per heavy atom. The van der Waals surface area contributed by atoms with E-state index in [9.17, 15) is 0 Å². The molecular formula is C11H16BrNOS. The van der Waals surface area contributed by atoms with Crippen molar-refractivity contribution in [2.45, 2.75) is 31.2 Å². The molecule has 1 aliphatic rings. The molecule has 0 amide bonds. The first kappa shape index (κ1) is 11.6. The van der Waals surface area contributed by atoms with Crippen molar-refractivity contribution in [2.75, 3.05) is 13.2 Å². The average Bonchev–Trinajstić information content (AvgIpc) is 2.46. The Kier molecular flexibility index (Phi) is 3.83. The van der Waals surface area contributed by atoms with E-state index in [1.54, 1.807) is 11.3 Å². The van der Waals surface area contributed by atoms with Crippen LogP contribution in [0.15, 0.2) is 15.9 Å². The fourth-order valence-corrected chi connectivity index (χ4v) is 3.61. The average molecular weight is 290 g/mol. The number of nitrogens with two attached hydrogens (primary N) is 1. The van der Waals surface area contributed by atoms with Gasteiger partial charge in [0.05, 0.1) is 0 Å². The van der Waals surface area contributed by atoms with Gasteiger partial charge in [0.1, 0.15) is 0 Å². The van der Waals surface area contributed by atoms with Crippen LogP contribution in [0.4, 0.5) is 0 Å². The third-order valence-electron chi connectivity index (χ3n) is 2.86. The van der Waals surface area contributed by atoms with Gasteiger partial charge in [0.2, 0.25) is 0 Å². The lowest BCUT2D eigenvalue weighted by Crippen LogP contribution is -2.42. The van der Waals surface area contributed by atoms with Gasteiger partial charge in [-0.25, -0.2) is 0 Å². The molecule has 2 nitrogen and oxygen atoms in total. The van der Waals surface area contributed by atoms with Crippen LogP contribution < -0.4 is 5.73 Å². The molecule has 1 unspecified atom stereocenters. The van der Waals surface area contributed by atoms with Crippen molar-refractivity contribution in [3.63, 3.8) is 0 Å². The quantitative estimate of drug-likeness (QED) is 0.909. The summed E-state index contributed by atoms with van der Waals surface area (Å²) in [5, 5.41) is 2.12. The monoisotopic (exact) mass is 289 g/mol. The molecule has 0 bridgehead atoms. The highest BCUT2D eigenvalue weighted by molar-refractivity contribution is 9.10. The molecule has 2 heterocycles. The maximum absolute atomic E-state index is 6.41. The van der Waals surface area contributed by atoms with Gasteiger partial charge in [-0.15, -0.1) is 11.3 Å². The summed E-state index contributed by atoms with van der Waals surface area (Å²) in [6, 6.07) is 2.17. The first-order chi connectivity index (χ1) is 7.18. The van der Waals surface area contributed by atoms with Gasteiger partial charge in [-0.1, -0.05) is 0 Å². The second-order valence-corrected chi connectivity index (χ2v) is 6.15. The number of hydrogen-bond donors (Lipinski definition) is 1. The smallest absolute Gasteiger partial charge is 0.0483 e. The summed E-state index contributed by atoms with van der Waals surface area (Å²) < 4.78 is 6.61. The van der Waals surface area contributed by atoms with E-state index in [2.05, 4.69) is 27.4 Å². The molecule has 2 N–H and O–H groups in total. The summed E-state index contributed by atoms with van der Waals surface area (Å²) in [5.41, 5.74) is 6.36. The first-order valence-corrected chi connectivity index (χ1v) is 6.95. The lowest BCUT2D eigenvalue weighted by molar-refractivity contribution is 0.139. The summed E-state index contributed by atoms with van der Waals surface area (Å²) >= 11 is 5.26.